The molecule has 1 aliphatic rings. The lowest BCUT2D eigenvalue weighted by Gasteiger charge is -2.28. The van der Waals surface area contributed by atoms with Gasteiger partial charge in [-0.15, -0.1) is 0 Å². The fourth-order valence-electron chi connectivity index (χ4n) is 3.17. The van der Waals surface area contributed by atoms with Crippen LogP contribution in [0, 0.1) is 13.8 Å². The van der Waals surface area contributed by atoms with Gasteiger partial charge < -0.3 is 4.42 Å². The smallest absolute Gasteiger partial charge is 0.266 e. The summed E-state index contributed by atoms with van der Waals surface area (Å²) in [4.78, 5) is 27.4. The van der Waals surface area contributed by atoms with E-state index in [-0.39, 0.29) is 11.8 Å². The van der Waals surface area contributed by atoms with Crippen molar-refractivity contribution in [2.24, 2.45) is 0 Å². The number of imide groups is 1. The molecule has 4 nitrogen and oxygen atoms in total. The number of rotatable bonds is 2. The van der Waals surface area contributed by atoms with Gasteiger partial charge in [-0.05, 0) is 55.8 Å². The number of carbonyl (C=O) groups excluding carboxylic acids is 2. The van der Waals surface area contributed by atoms with Crippen LogP contribution in [0.4, 0.5) is 5.69 Å². The largest absolute Gasteiger partial charge is 0.462 e. The van der Waals surface area contributed by atoms with Gasteiger partial charge in [-0.25, -0.2) is 4.90 Å². The van der Waals surface area contributed by atoms with E-state index in [4.69, 9.17) is 4.42 Å². The second-order valence-electron chi connectivity index (χ2n) is 6.34. The van der Waals surface area contributed by atoms with E-state index in [2.05, 4.69) is 0 Å². The maximum absolute atomic E-state index is 13.2. The van der Waals surface area contributed by atoms with Crippen LogP contribution in [0.1, 0.15) is 33.0 Å². The third kappa shape index (κ3) is 2.65. The highest BCUT2D eigenvalue weighted by Crippen LogP contribution is 2.33. The number of hydrogen-bond donors (Lipinski definition) is 0. The van der Waals surface area contributed by atoms with Crippen molar-refractivity contribution in [1.29, 1.82) is 0 Å². The van der Waals surface area contributed by atoms with E-state index in [1.165, 1.54) is 4.90 Å². The van der Waals surface area contributed by atoms with Crippen molar-refractivity contribution in [3.63, 3.8) is 0 Å². The highest BCUT2D eigenvalue weighted by atomic mass is 16.3. The van der Waals surface area contributed by atoms with Crippen molar-refractivity contribution in [1.82, 2.24) is 0 Å². The Kier molecular flexibility index (Phi) is 3.81. The van der Waals surface area contributed by atoms with Gasteiger partial charge in [-0.1, -0.05) is 30.3 Å². The second-order valence-corrected chi connectivity index (χ2v) is 6.34. The van der Waals surface area contributed by atoms with Gasteiger partial charge in [0.2, 0.25) is 0 Å². The topological polar surface area (TPSA) is 50.5 Å². The van der Waals surface area contributed by atoms with Gasteiger partial charge in [0.1, 0.15) is 11.5 Å². The van der Waals surface area contributed by atoms with Gasteiger partial charge in [0, 0.05) is 11.1 Å². The van der Waals surface area contributed by atoms with Crippen LogP contribution >= 0.6 is 0 Å². The van der Waals surface area contributed by atoms with Crippen LogP contribution in [0.3, 0.4) is 0 Å². The number of furan rings is 1. The molecule has 4 heteroatoms. The van der Waals surface area contributed by atoms with Gasteiger partial charge >= 0.3 is 0 Å². The van der Waals surface area contributed by atoms with Gasteiger partial charge in [-0.3, -0.25) is 9.59 Å². The van der Waals surface area contributed by atoms with Gasteiger partial charge in [0.25, 0.3) is 11.8 Å². The average Bonchev–Trinajstić information content (AvgIpc) is 3.04. The number of aryl methyl sites for hydroxylation is 2. The second kappa shape index (κ2) is 6.15. The molecule has 0 spiro atoms. The summed E-state index contributed by atoms with van der Waals surface area (Å²) in [6, 6.07) is 18.2. The van der Waals surface area contributed by atoms with Crippen molar-refractivity contribution in [3.8, 4) is 0 Å². The van der Waals surface area contributed by atoms with Crippen LogP contribution in [0.5, 0.6) is 0 Å². The van der Waals surface area contributed by atoms with Crippen molar-refractivity contribution >= 4 is 29.2 Å². The van der Waals surface area contributed by atoms with E-state index in [1.807, 2.05) is 50.2 Å². The highest BCUT2D eigenvalue weighted by Gasteiger charge is 2.35. The van der Waals surface area contributed by atoms with Gasteiger partial charge in [-0.2, -0.15) is 0 Å². The van der Waals surface area contributed by atoms with Crippen LogP contribution in [-0.2, 0) is 4.79 Å². The molecule has 0 N–H and O–H groups in total. The molecule has 0 fully saturated rings. The van der Waals surface area contributed by atoms with Crippen LogP contribution in [0.25, 0.3) is 11.6 Å². The summed E-state index contributed by atoms with van der Waals surface area (Å²) < 4.78 is 5.60. The number of benzene rings is 2. The molecule has 0 unspecified atom stereocenters. The van der Waals surface area contributed by atoms with Crippen molar-refractivity contribution in [2.75, 3.05) is 4.90 Å². The van der Waals surface area contributed by atoms with E-state index < -0.39 is 0 Å². The van der Waals surface area contributed by atoms with Gasteiger partial charge in [0.05, 0.1) is 11.3 Å². The summed E-state index contributed by atoms with van der Waals surface area (Å²) in [5.41, 5.74) is 3.12. The molecule has 0 saturated heterocycles. The predicted molar refractivity (Wildman–Crippen MR) is 101 cm³/mol. The van der Waals surface area contributed by atoms with Crippen molar-refractivity contribution in [2.45, 2.75) is 13.8 Å². The monoisotopic (exact) mass is 343 g/mol. The van der Waals surface area contributed by atoms with Crippen LogP contribution in [0.2, 0.25) is 0 Å². The molecule has 1 aromatic heterocycles. The first-order valence-corrected chi connectivity index (χ1v) is 8.37. The Morgan fingerprint density at radius 2 is 1.62 bits per heavy atom. The van der Waals surface area contributed by atoms with Crippen molar-refractivity contribution in [3.05, 3.63) is 88.9 Å². The first-order chi connectivity index (χ1) is 12.5. The average molecular weight is 343 g/mol. The number of amides is 2. The van der Waals surface area contributed by atoms with Gasteiger partial charge in [0.15, 0.2) is 0 Å². The third-order valence-corrected chi connectivity index (χ3v) is 4.39. The summed E-state index contributed by atoms with van der Waals surface area (Å²) >= 11 is 0. The summed E-state index contributed by atoms with van der Waals surface area (Å²) in [7, 11) is 0. The van der Waals surface area contributed by atoms with Crippen LogP contribution < -0.4 is 4.90 Å². The molecule has 128 valence electrons. The lowest BCUT2D eigenvalue weighted by atomic mass is 9.92. The standard InChI is InChI=1S/C22H17NO3/c1-14-6-5-7-16(12-14)23-21(24)19-9-4-3-8-18(19)20(22(23)25)13-17-11-10-15(2)26-17/h3-13H,1-2H3/b20-13-. The summed E-state index contributed by atoms with van der Waals surface area (Å²) in [5.74, 6) is 0.677. The van der Waals surface area contributed by atoms with E-state index in [0.717, 1.165) is 11.3 Å². The fraction of sp³-hybridized carbons (Fsp3) is 0.0909. The lowest BCUT2D eigenvalue weighted by Crippen LogP contribution is -2.41. The number of hydrogen-bond acceptors (Lipinski definition) is 3. The molecular formula is C22H17NO3. The Balaban J connectivity index is 1.91. The summed E-state index contributed by atoms with van der Waals surface area (Å²) in [5, 5.41) is 0. The Morgan fingerprint density at radius 3 is 2.31 bits per heavy atom. The Morgan fingerprint density at radius 1 is 0.846 bits per heavy atom. The van der Waals surface area contributed by atoms with Crippen molar-refractivity contribution < 1.29 is 14.0 Å². The molecule has 1 aliphatic heterocycles. The number of anilines is 1. The van der Waals surface area contributed by atoms with Crippen LogP contribution in [-0.4, -0.2) is 11.8 Å². The number of nitrogens with zero attached hydrogens (tertiary/aromatic N) is 1. The lowest BCUT2D eigenvalue weighted by molar-refractivity contribution is -0.112. The molecule has 26 heavy (non-hydrogen) atoms. The van der Waals surface area contributed by atoms with E-state index >= 15 is 0 Å². The minimum Gasteiger partial charge on any atom is -0.462 e. The minimum atomic E-state index is -0.353. The molecule has 0 bridgehead atoms. The SMILES string of the molecule is Cc1cccc(N2C(=O)/C(=C\c3ccc(C)o3)c3ccccc3C2=O)c1. The zero-order valence-electron chi connectivity index (χ0n) is 14.5. The molecule has 2 amide bonds. The highest BCUT2D eigenvalue weighted by molar-refractivity contribution is 6.43. The van der Waals surface area contributed by atoms with E-state index in [0.29, 0.717) is 28.1 Å². The Bertz CT molecular complexity index is 1060. The first-order valence-electron chi connectivity index (χ1n) is 8.37. The quantitative estimate of drug-likeness (QED) is 0.504. The molecule has 3 aromatic rings. The zero-order valence-corrected chi connectivity index (χ0v) is 14.5. The maximum Gasteiger partial charge on any atom is 0.266 e. The molecule has 4 rings (SSSR count). The normalized spacial score (nSPS) is 15.5. The molecule has 0 radical (unpaired) electrons. The number of carbonyl (C=O) groups is 2. The predicted octanol–water partition coefficient (Wildman–Crippen LogP) is 4.62. The Labute approximate surface area is 151 Å². The van der Waals surface area contributed by atoms with E-state index in [1.54, 1.807) is 30.3 Å². The van der Waals surface area contributed by atoms with E-state index in [9.17, 15) is 9.59 Å². The molecule has 0 atom stereocenters. The molecule has 0 aliphatic carbocycles. The molecule has 0 saturated carbocycles. The third-order valence-electron chi connectivity index (χ3n) is 4.39. The van der Waals surface area contributed by atoms with Crippen LogP contribution in [0.15, 0.2) is 65.1 Å². The Hall–Kier alpha value is -3.40. The minimum absolute atomic E-state index is 0.316. The number of fused-ring (bicyclic) bond motifs is 1. The molecule has 2 heterocycles. The summed E-state index contributed by atoms with van der Waals surface area (Å²) in [6.45, 7) is 3.78. The molecular weight excluding hydrogens is 326 g/mol. The zero-order chi connectivity index (χ0) is 18.3. The fourth-order valence-corrected chi connectivity index (χ4v) is 3.17. The molecule has 2 aromatic carbocycles. The first kappa shape index (κ1) is 16.1. The maximum atomic E-state index is 13.2. The summed E-state index contributed by atoms with van der Waals surface area (Å²) in [6.07, 6.45) is 1.70.